The number of hydrogen-bond donors (Lipinski definition) is 4. The molecule has 0 saturated heterocycles. The first-order valence-electron chi connectivity index (χ1n) is 7.89. The topological polar surface area (TPSA) is 126 Å². The van der Waals surface area contributed by atoms with E-state index in [1.54, 1.807) is 0 Å². The lowest BCUT2D eigenvalue weighted by Crippen LogP contribution is -2.36. The highest BCUT2D eigenvalue weighted by atomic mass is 16.3. The van der Waals surface area contributed by atoms with Gasteiger partial charge in [0, 0.05) is 5.92 Å². The van der Waals surface area contributed by atoms with Crippen LogP contribution in [0.5, 0.6) is 0 Å². The molecule has 1 fully saturated rings. The summed E-state index contributed by atoms with van der Waals surface area (Å²) in [6.07, 6.45) is 4.35. The smallest absolute Gasteiger partial charge is 0.234 e. The van der Waals surface area contributed by atoms with E-state index in [4.69, 9.17) is 0 Å². The molecule has 9 nitrogen and oxygen atoms in total. The lowest BCUT2D eigenvalue weighted by Gasteiger charge is -2.27. The van der Waals surface area contributed by atoms with Crippen molar-refractivity contribution < 1.29 is 20.4 Å². The highest BCUT2D eigenvalue weighted by Crippen LogP contribution is 2.32. The molecule has 4 N–H and O–H groups in total. The summed E-state index contributed by atoms with van der Waals surface area (Å²) < 4.78 is 0. The molecule has 2 rings (SSSR count). The summed E-state index contributed by atoms with van der Waals surface area (Å²) in [5, 5.41) is 37.9. The Bertz CT molecular complexity index is 492. The molecule has 23 heavy (non-hydrogen) atoms. The van der Waals surface area contributed by atoms with Gasteiger partial charge >= 0.3 is 0 Å². The fourth-order valence-electron chi connectivity index (χ4n) is 2.70. The van der Waals surface area contributed by atoms with Gasteiger partial charge in [0.05, 0.1) is 0 Å². The maximum absolute atomic E-state index is 9.76. The van der Waals surface area contributed by atoms with E-state index in [-0.39, 0.29) is 17.8 Å². The summed E-state index contributed by atoms with van der Waals surface area (Å²) in [7, 11) is 0. The van der Waals surface area contributed by atoms with Crippen LogP contribution in [-0.2, 0) is 0 Å². The standard InChI is InChI=1S/C14H25N5O4/c1-10(23)19(9-22)14-16-12(11-5-3-2-4-6-11)15-13(17-14)18(7-20)8-21/h10-11,20-23H,2-9H2,1H3. The van der Waals surface area contributed by atoms with Crippen molar-refractivity contribution in [2.75, 3.05) is 30.0 Å². The van der Waals surface area contributed by atoms with Crippen molar-refractivity contribution in [3.63, 3.8) is 0 Å². The minimum absolute atomic E-state index is 0.125. The molecule has 1 aromatic rings. The molecule has 0 radical (unpaired) electrons. The number of aliphatic hydroxyl groups is 4. The Morgan fingerprint density at radius 1 is 0.957 bits per heavy atom. The van der Waals surface area contributed by atoms with Crippen LogP contribution >= 0.6 is 0 Å². The molecule has 1 aliphatic carbocycles. The molecular formula is C14H25N5O4. The molecule has 0 spiro atoms. The van der Waals surface area contributed by atoms with Crippen LogP contribution in [-0.4, -0.2) is 61.8 Å². The Morgan fingerprint density at radius 2 is 1.57 bits per heavy atom. The van der Waals surface area contributed by atoms with Crippen molar-refractivity contribution in [3.05, 3.63) is 5.82 Å². The van der Waals surface area contributed by atoms with Gasteiger partial charge in [-0.2, -0.15) is 15.0 Å². The Hall–Kier alpha value is -1.55. The van der Waals surface area contributed by atoms with Crippen LogP contribution < -0.4 is 9.80 Å². The van der Waals surface area contributed by atoms with Crippen LogP contribution in [0.1, 0.15) is 50.8 Å². The van der Waals surface area contributed by atoms with Gasteiger partial charge in [0.2, 0.25) is 11.9 Å². The number of aliphatic hydroxyl groups excluding tert-OH is 4. The molecule has 1 heterocycles. The van der Waals surface area contributed by atoms with Crippen LogP contribution in [0.25, 0.3) is 0 Å². The van der Waals surface area contributed by atoms with E-state index < -0.39 is 26.4 Å². The summed E-state index contributed by atoms with van der Waals surface area (Å²) in [5.41, 5.74) is 0. The van der Waals surface area contributed by atoms with Gasteiger partial charge in [-0.25, -0.2) is 0 Å². The molecule has 130 valence electrons. The van der Waals surface area contributed by atoms with E-state index in [1.165, 1.54) is 23.1 Å². The van der Waals surface area contributed by atoms with Crippen LogP contribution in [0.4, 0.5) is 11.9 Å². The van der Waals surface area contributed by atoms with Gasteiger partial charge in [-0.3, -0.25) is 9.80 Å². The lowest BCUT2D eigenvalue weighted by atomic mass is 9.89. The zero-order valence-corrected chi connectivity index (χ0v) is 13.3. The van der Waals surface area contributed by atoms with Crippen molar-refractivity contribution >= 4 is 11.9 Å². The number of nitrogens with zero attached hydrogens (tertiary/aromatic N) is 5. The van der Waals surface area contributed by atoms with E-state index >= 15 is 0 Å². The lowest BCUT2D eigenvalue weighted by molar-refractivity contribution is 0.148. The summed E-state index contributed by atoms with van der Waals surface area (Å²) in [5.74, 6) is 0.994. The molecule has 1 atom stereocenters. The summed E-state index contributed by atoms with van der Waals surface area (Å²) in [4.78, 5) is 15.3. The molecule has 0 aliphatic heterocycles. The molecular weight excluding hydrogens is 302 g/mol. The zero-order chi connectivity index (χ0) is 16.8. The van der Waals surface area contributed by atoms with Gasteiger partial charge in [0.25, 0.3) is 0 Å². The van der Waals surface area contributed by atoms with Gasteiger partial charge in [0.1, 0.15) is 32.2 Å². The van der Waals surface area contributed by atoms with Gasteiger partial charge in [0.15, 0.2) is 0 Å². The molecule has 1 unspecified atom stereocenters. The van der Waals surface area contributed by atoms with E-state index in [2.05, 4.69) is 15.0 Å². The van der Waals surface area contributed by atoms with Crippen molar-refractivity contribution in [3.8, 4) is 0 Å². The second-order valence-electron chi connectivity index (χ2n) is 5.69. The van der Waals surface area contributed by atoms with Crippen molar-refractivity contribution in [1.82, 2.24) is 15.0 Å². The average Bonchev–Trinajstić information content (AvgIpc) is 2.57. The quantitative estimate of drug-likeness (QED) is 0.500. The first kappa shape index (κ1) is 17.8. The van der Waals surface area contributed by atoms with E-state index in [0.717, 1.165) is 25.7 Å². The largest absolute Gasteiger partial charge is 0.376 e. The molecule has 0 aromatic carbocycles. The third-order valence-electron chi connectivity index (χ3n) is 4.08. The maximum atomic E-state index is 9.76. The fraction of sp³-hybridized carbons (Fsp3) is 0.786. The van der Waals surface area contributed by atoms with Gasteiger partial charge in [-0.1, -0.05) is 19.3 Å². The molecule has 1 aromatic heterocycles. The zero-order valence-electron chi connectivity index (χ0n) is 13.3. The van der Waals surface area contributed by atoms with Crippen molar-refractivity contribution in [2.45, 2.75) is 51.2 Å². The molecule has 9 heteroatoms. The number of anilines is 2. The number of rotatable bonds is 7. The van der Waals surface area contributed by atoms with Gasteiger partial charge < -0.3 is 20.4 Å². The number of aromatic nitrogens is 3. The second-order valence-corrected chi connectivity index (χ2v) is 5.69. The maximum Gasteiger partial charge on any atom is 0.234 e. The molecule has 1 aliphatic rings. The Morgan fingerprint density at radius 3 is 2.09 bits per heavy atom. The predicted molar refractivity (Wildman–Crippen MR) is 83.5 cm³/mol. The predicted octanol–water partition coefficient (Wildman–Crippen LogP) is -0.280. The minimum Gasteiger partial charge on any atom is -0.376 e. The second kappa shape index (κ2) is 8.34. The Labute approximate surface area is 135 Å². The third-order valence-corrected chi connectivity index (χ3v) is 4.08. The summed E-state index contributed by atoms with van der Waals surface area (Å²) >= 11 is 0. The molecule has 1 saturated carbocycles. The summed E-state index contributed by atoms with van der Waals surface area (Å²) in [6, 6.07) is 0. The van der Waals surface area contributed by atoms with Crippen LogP contribution in [0, 0.1) is 0 Å². The fourth-order valence-corrected chi connectivity index (χ4v) is 2.70. The van der Waals surface area contributed by atoms with E-state index in [1.807, 2.05) is 0 Å². The third kappa shape index (κ3) is 4.25. The van der Waals surface area contributed by atoms with Gasteiger partial charge in [-0.15, -0.1) is 0 Å². The molecule has 0 bridgehead atoms. The van der Waals surface area contributed by atoms with Crippen LogP contribution in [0.3, 0.4) is 0 Å². The first-order valence-corrected chi connectivity index (χ1v) is 7.89. The highest BCUT2D eigenvalue weighted by Gasteiger charge is 2.24. The van der Waals surface area contributed by atoms with Crippen molar-refractivity contribution in [2.24, 2.45) is 0 Å². The first-order chi connectivity index (χ1) is 11.1. The monoisotopic (exact) mass is 327 g/mol. The SMILES string of the molecule is CC(O)N(CO)c1nc(C2CCCCC2)nc(N(CO)CO)n1. The van der Waals surface area contributed by atoms with E-state index in [0.29, 0.717) is 5.82 Å². The van der Waals surface area contributed by atoms with E-state index in [9.17, 15) is 20.4 Å². The summed E-state index contributed by atoms with van der Waals surface area (Å²) in [6.45, 7) is 0.148. The van der Waals surface area contributed by atoms with Gasteiger partial charge in [-0.05, 0) is 19.8 Å². The molecule has 0 amide bonds. The normalized spacial score (nSPS) is 17.1. The van der Waals surface area contributed by atoms with Crippen LogP contribution in [0.2, 0.25) is 0 Å². The Kier molecular flexibility index (Phi) is 6.46. The number of hydrogen-bond acceptors (Lipinski definition) is 9. The Balaban J connectivity index is 2.41. The van der Waals surface area contributed by atoms with Crippen LogP contribution in [0.15, 0.2) is 0 Å². The van der Waals surface area contributed by atoms with Crippen molar-refractivity contribution in [1.29, 1.82) is 0 Å². The average molecular weight is 327 g/mol. The highest BCUT2D eigenvalue weighted by molar-refractivity contribution is 5.39. The minimum atomic E-state index is -0.980.